The molecule has 164 valence electrons. The van der Waals surface area contributed by atoms with Crippen LogP contribution in [-0.2, 0) is 19.4 Å². The lowest BCUT2D eigenvalue weighted by atomic mass is 9.97. The van der Waals surface area contributed by atoms with E-state index in [4.69, 9.17) is 4.98 Å². The maximum absolute atomic E-state index is 4.71. The average molecular weight is 428 g/mol. The molecule has 2 aromatic rings. The van der Waals surface area contributed by atoms with E-state index in [0.717, 1.165) is 51.4 Å². The van der Waals surface area contributed by atoms with Gasteiger partial charge in [0.2, 0.25) is 0 Å². The molecule has 2 N–H and O–H groups in total. The predicted molar refractivity (Wildman–Crippen MR) is 128 cm³/mol. The molecule has 1 atom stereocenters. The molecule has 0 aliphatic carbocycles. The lowest BCUT2D eigenvalue weighted by molar-refractivity contribution is 0.176. The minimum absolute atomic E-state index is 0.393. The summed E-state index contributed by atoms with van der Waals surface area (Å²) in [5, 5.41) is 10.6. The number of hydrogen-bond acceptors (Lipinski definition) is 4. The van der Waals surface area contributed by atoms with E-state index in [0.29, 0.717) is 12.0 Å². The van der Waals surface area contributed by atoms with Gasteiger partial charge in [-0.3, -0.25) is 9.89 Å². The molecular formula is C24H37N5S. The second-order valence-corrected chi connectivity index (χ2v) is 9.27. The normalized spacial score (nSPS) is 17.1. The van der Waals surface area contributed by atoms with Gasteiger partial charge in [0, 0.05) is 31.6 Å². The van der Waals surface area contributed by atoms with Crippen LogP contribution in [0.5, 0.6) is 0 Å². The molecule has 3 rings (SSSR count). The Morgan fingerprint density at radius 2 is 2.03 bits per heavy atom. The molecule has 1 aliphatic rings. The van der Waals surface area contributed by atoms with Crippen LogP contribution in [-0.4, -0.2) is 48.6 Å². The van der Waals surface area contributed by atoms with Crippen LogP contribution in [0.4, 0.5) is 0 Å². The quantitative estimate of drug-likeness (QED) is 0.467. The first-order valence-corrected chi connectivity index (χ1v) is 12.2. The Bertz CT molecular complexity index is 765. The fourth-order valence-corrected chi connectivity index (χ4v) is 4.67. The van der Waals surface area contributed by atoms with Crippen molar-refractivity contribution in [2.24, 2.45) is 10.9 Å². The summed E-state index contributed by atoms with van der Waals surface area (Å²) in [6, 6.07) is 11.1. The first kappa shape index (κ1) is 22.8. The molecule has 0 bridgehead atoms. The van der Waals surface area contributed by atoms with Gasteiger partial charge in [0.1, 0.15) is 0 Å². The zero-order valence-corrected chi connectivity index (χ0v) is 19.5. The van der Waals surface area contributed by atoms with Crippen LogP contribution in [0.25, 0.3) is 0 Å². The molecule has 6 heteroatoms. The van der Waals surface area contributed by atoms with Crippen molar-refractivity contribution < 1.29 is 0 Å². The lowest BCUT2D eigenvalue weighted by Gasteiger charge is -2.32. The minimum atomic E-state index is 0.393. The molecule has 0 radical (unpaired) electrons. The van der Waals surface area contributed by atoms with Crippen molar-refractivity contribution >= 4 is 17.3 Å². The van der Waals surface area contributed by atoms with E-state index in [1.807, 2.05) is 7.05 Å². The first-order chi connectivity index (χ1) is 14.7. The summed E-state index contributed by atoms with van der Waals surface area (Å²) in [5.41, 5.74) is 2.63. The third kappa shape index (κ3) is 7.40. The van der Waals surface area contributed by atoms with E-state index in [-0.39, 0.29) is 0 Å². The zero-order chi connectivity index (χ0) is 21.2. The van der Waals surface area contributed by atoms with Gasteiger partial charge in [-0.05, 0) is 63.6 Å². The first-order valence-electron chi connectivity index (χ1n) is 11.3. The highest BCUT2D eigenvalue weighted by atomic mass is 32.1. The summed E-state index contributed by atoms with van der Waals surface area (Å²) in [6.07, 6.45) is 5.69. The number of nitrogens with one attached hydrogen (secondary N) is 2. The number of rotatable bonds is 9. The molecule has 0 spiro atoms. The largest absolute Gasteiger partial charge is 0.356 e. The molecule has 1 aromatic heterocycles. The van der Waals surface area contributed by atoms with E-state index >= 15 is 0 Å². The van der Waals surface area contributed by atoms with Gasteiger partial charge < -0.3 is 10.6 Å². The maximum Gasteiger partial charge on any atom is 0.191 e. The number of aryl methyl sites for hydroxylation is 2. The summed E-state index contributed by atoms with van der Waals surface area (Å²) in [6.45, 7) is 8.72. The summed E-state index contributed by atoms with van der Waals surface area (Å²) >= 11 is 1.79. The Labute approximate surface area is 186 Å². The minimum Gasteiger partial charge on any atom is -0.356 e. The van der Waals surface area contributed by atoms with Gasteiger partial charge in [0.25, 0.3) is 0 Å². The van der Waals surface area contributed by atoms with E-state index in [1.54, 1.807) is 11.3 Å². The van der Waals surface area contributed by atoms with E-state index in [1.165, 1.54) is 29.1 Å². The van der Waals surface area contributed by atoms with Crippen LogP contribution < -0.4 is 10.6 Å². The highest BCUT2D eigenvalue weighted by molar-refractivity contribution is 7.09. The van der Waals surface area contributed by atoms with Crippen LogP contribution in [0.1, 0.15) is 49.4 Å². The van der Waals surface area contributed by atoms with Crippen molar-refractivity contribution in [3.63, 3.8) is 0 Å². The van der Waals surface area contributed by atoms with E-state index in [9.17, 15) is 0 Å². The Morgan fingerprint density at radius 1 is 1.27 bits per heavy atom. The standard InChI is InChI=1S/C24H37N5S/c1-4-23-28-22(18-30-23)17-29-14-12-21(13-15-29)16-26-24(25-3)27-19(2)10-11-20-8-6-5-7-9-20/h5-9,18-19,21H,4,10-17H2,1-3H3,(H2,25,26,27). The van der Waals surface area contributed by atoms with Crippen LogP contribution >= 0.6 is 11.3 Å². The number of likely N-dealkylation sites (tertiary alicyclic amines) is 1. The molecular weight excluding hydrogens is 390 g/mol. The predicted octanol–water partition coefficient (Wildman–Crippen LogP) is 4.10. The Kier molecular flexibility index (Phi) is 9.15. The SMILES string of the molecule is CCc1nc(CN2CCC(CNC(=NC)NC(C)CCc3ccccc3)CC2)cs1. The molecule has 30 heavy (non-hydrogen) atoms. The molecule has 1 aromatic carbocycles. The van der Waals surface area contributed by atoms with Gasteiger partial charge in [-0.1, -0.05) is 37.3 Å². The van der Waals surface area contributed by atoms with Crippen LogP contribution in [0.3, 0.4) is 0 Å². The van der Waals surface area contributed by atoms with Crippen molar-refractivity contribution in [3.05, 3.63) is 52.0 Å². The number of nitrogens with zero attached hydrogens (tertiary/aromatic N) is 3. The molecule has 0 saturated carbocycles. The van der Waals surface area contributed by atoms with E-state index in [2.05, 4.69) is 70.1 Å². The third-order valence-electron chi connectivity index (χ3n) is 5.87. The number of thiazole rings is 1. The monoisotopic (exact) mass is 427 g/mol. The lowest BCUT2D eigenvalue weighted by Crippen LogP contribution is -2.45. The second-order valence-electron chi connectivity index (χ2n) is 8.33. The van der Waals surface area contributed by atoms with Crippen LogP contribution in [0.2, 0.25) is 0 Å². The van der Waals surface area contributed by atoms with Crippen LogP contribution in [0, 0.1) is 5.92 Å². The molecule has 1 unspecified atom stereocenters. The highest BCUT2D eigenvalue weighted by Gasteiger charge is 2.20. The molecule has 0 amide bonds. The number of aliphatic imine (C=N–C) groups is 1. The number of piperidine rings is 1. The van der Waals surface area contributed by atoms with Crippen molar-refractivity contribution in [1.82, 2.24) is 20.5 Å². The van der Waals surface area contributed by atoms with Gasteiger partial charge in [0.05, 0.1) is 10.7 Å². The van der Waals surface area contributed by atoms with Gasteiger partial charge in [-0.2, -0.15) is 0 Å². The van der Waals surface area contributed by atoms with Gasteiger partial charge in [-0.15, -0.1) is 11.3 Å². The number of hydrogen-bond donors (Lipinski definition) is 2. The van der Waals surface area contributed by atoms with E-state index < -0.39 is 0 Å². The third-order valence-corrected chi connectivity index (χ3v) is 6.91. The van der Waals surface area contributed by atoms with Crippen molar-refractivity contribution in [2.45, 2.75) is 58.5 Å². The summed E-state index contributed by atoms with van der Waals surface area (Å²) in [5.74, 6) is 1.63. The molecule has 5 nitrogen and oxygen atoms in total. The zero-order valence-electron chi connectivity index (χ0n) is 18.7. The molecule has 1 saturated heterocycles. The summed E-state index contributed by atoms with van der Waals surface area (Å²) in [7, 11) is 1.86. The second kappa shape index (κ2) is 12.1. The van der Waals surface area contributed by atoms with Crippen LogP contribution in [0.15, 0.2) is 40.7 Å². The average Bonchev–Trinajstić information content (AvgIpc) is 3.24. The Balaban J connectivity index is 1.33. The number of aromatic nitrogens is 1. The number of benzene rings is 1. The van der Waals surface area contributed by atoms with Gasteiger partial charge in [0.15, 0.2) is 5.96 Å². The van der Waals surface area contributed by atoms with Crippen molar-refractivity contribution in [1.29, 1.82) is 0 Å². The molecule has 1 aliphatic heterocycles. The van der Waals surface area contributed by atoms with Crippen molar-refractivity contribution in [3.8, 4) is 0 Å². The fraction of sp³-hybridized carbons (Fsp3) is 0.583. The summed E-state index contributed by atoms with van der Waals surface area (Å²) < 4.78 is 0. The highest BCUT2D eigenvalue weighted by Crippen LogP contribution is 2.19. The number of guanidine groups is 1. The fourth-order valence-electron chi connectivity index (χ4n) is 3.93. The Hall–Kier alpha value is -1.92. The molecule has 2 heterocycles. The smallest absolute Gasteiger partial charge is 0.191 e. The topological polar surface area (TPSA) is 52.6 Å². The molecule has 1 fully saturated rings. The summed E-state index contributed by atoms with van der Waals surface area (Å²) in [4.78, 5) is 11.7. The Morgan fingerprint density at radius 3 is 2.70 bits per heavy atom. The van der Waals surface area contributed by atoms with Gasteiger partial charge >= 0.3 is 0 Å². The van der Waals surface area contributed by atoms with Crippen molar-refractivity contribution in [2.75, 3.05) is 26.7 Å². The maximum atomic E-state index is 4.71. The van der Waals surface area contributed by atoms with Gasteiger partial charge in [-0.25, -0.2) is 4.98 Å².